The molecule has 0 aliphatic carbocycles. The molecule has 2 atom stereocenters. The molecule has 2 fully saturated rings. The van der Waals surface area contributed by atoms with Crippen molar-refractivity contribution in [2.75, 3.05) is 33.3 Å². The third-order valence-electron chi connectivity index (χ3n) is 4.08. The second-order valence-corrected chi connectivity index (χ2v) is 6.28. The first-order valence-electron chi connectivity index (χ1n) is 6.65. The summed E-state index contributed by atoms with van der Waals surface area (Å²) in [7, 11) is 2.17. The molecule has 1 N–H and O–H groups in total. The fraction of sp³-hybridized carbons (Fsp3) is 0.571. The number of likely N-dealkylation sites (N-methyl/N-ethyl adjacent to an activating group) is 1. The molecular weight excluding hydrogens is 308 g/mol. The van der Waals surface area contributed by atoms with Gasteiger partial charge in [0.25, 0.3) is 0 Å². The van der Waals surface area contributed by atoms with Gasteiger partial charge in [0.1, 0.15) is 5.75 Å². The second kappa shape index (κ2) is 5.40. The molecule has 5 heteroatoms. The second-order valence-electron chi connectivity index (χ2n) is 5.43. The lowest BCUT2D eigenvalue weighted by atomic mass is 10.1. The molecule has 0 amide bonds. The zero-order chi connectivity index (χ0) is 13.4. The van der Waals surface area contributed by atoms with Gasteiger partial charge in [-0.05, 0) is 30.8 Å². The van der Waals surface area contributed by atoms with Gasteiger partial charge < -0.3 is 9.84 Å². The molecule has 1 aromatic rings. The van der Waals surface area contributed by atoms with Gasteiger partial charge in [0.05, 0.1) is 12.7 Å². The van der Waals surface area contributed by atoms with E-state index in [4.69, 9.17) is 4.74 Å². The van der Waals surface area contributed by atoms with Crippen molar-refractivity contribution in [2.24, 2.45) is 0 Å². The predicted octanol–water partition coefficient (Wildman–Crippen LogP) is 1.67. The average Bonchev–Trinajstić information content (AvgIpc) is 2.78. The minimum absolute atomic E-state index is 0.322. The van der Waals surface area contributed by atoms with E-state index in [-0.39, 0.29) is 0 Å². The summed E-state index contributed by atoms with van der Waals surface area (Å²) in [5.41, 5.74) is 1.13. The molecule has 19 heavy (non-hydrogen) atoms. The summed E-state index contributed by atoms with van der Waals surface area (Å²) < 4.78 is 6.90. The number of likely N-dealkylation sites (tertiary alicyclic amines) is 1. The molecule has 2 aliphatic rings. The summed E-state index contributed by atoms with van der Waals surface area (Å²) in [6.45, 7) is 4.70. The maximum atomic E-state index is 9.59. The molecular formula is C14H19BrN2O2. The number of benzene rings is 1. The number of halogens is 1. The first kappa shape index (κ1) is 13.4. The molecule has 3 rings (SSSR count). The lowest BCUT2D eigenvalue weighted by molar-refractivity contribution is -0.0370. The van der Waals surface area contributed by atoms with E-state index >= 15 is 0 Å². The minimum Gasteiger partial charge on any atom is -0.508 e. The third kappa shape index (κ3) is 2.79. The number of hydrogen-bond acceptors (Lipinski definition) is 4. The molecule has 0 radical (unpaired) electrons. The predicted molar refractivity (Wildman–Crippen MR) is 77.2 cm³/mol. The van der Waals surface area contributed by atoms with E-state index in [0.717, 1.165) is 42.8 Å². The van der Waals surface area contributed by atoms with Crippen molar-refractivity contribution in [2.45, 2.75) is 18.7 Å². The van der Waals surface area contributed by atoms with E-state index in [9.17, 15) is 5.11 Å². The van der Waals surface area contributed by atoms with Crippen molar-refractivity contribution in [3.63, 3.8) is 0 Å². The average molecular weight is 327 g/mol. The summed E-state index contributed by atoms with van der Waals surface area (Å²) in [5, 5.41) is 9.59. The standard InChI is InChI=1S/C14H19BrN2O2/c1-16-4-5-19-14-9-17(8-13(14)16)7-10-6-11(18)2-3-12(10)15/h2-3,6,13-14,18H,4-5,7-9H2,1H3/t13-,14+/m0/s1. The maximum Gasteiger partial charge on any atom is 0.115 e. The van der Waals surface area contributed by atoms with Gasteiger partial charge in [-0.1, -0.05) is 15.9 Å². The highest BCUT2D eigenvalue weighted by molar-refractivity contribution is 9.10. The Labute approximate surface area is 122 Å². The van der Waals surface area contributed by atoms with Gasteiger partial charge in [-0.15, -0.1) is 0 Å². The van der Waals surface area contributed by atoms with Crippen molar-refractivity contribution in [1.29, 1.82) is 0 Å². The molecule has 0 saturated carbocycles. The Balaban J connectivity index is 1.70. The van der Waals surface area contributed by atoms with E-state index in [2.05, 4.69) is 32.8 Å². The van der Waals surface area contributed by atoms with Crippen LogP contribution in [-0.2, 0) is 11.3 Å². The number of morpholine rings is 1. The Morgan fingerprint density at radius 2 is 2.26 bits per heavy atom. The number of hydrogen-bond donors (Lipinski definition) is 1. The number of phenolic OH excluding ortho intramolecular Hbond substituents is 1. The Bertz CT molecular complexity index is 469. The zero-order valence-electron chi connectivity index (χ0n) is 11.1. The van der Waals surface area contributed by atoms with Crippen LogP contribution in [0.5, 0.6) is 5.75 Å². The number of rotatable bonds is 2. The van der Waals surface area contributed by atoms with Crippen LogP contribution in [0, 0.1) is 0 Å². The molecule has 0 unspecified atom stereocenters. The van der Waals surface area contributed by atoms with Gasteiger partial charge in [0.15, 0.2) is 0 Å². The fourth-order valence-electron chi connectivity index (χ4n) is 2.99. The number of ether oxygens (including phenoxy) is 1. The first-order chi connectivity index (χ1) is 9.13. The molecule has 4 nitrogen and oxygen atoms in total. The van der Waals surface area contributed by atoms with Gasteiger partial charge >= 0.3 is 0 Å². The summed E-state index contributed by atoms with van der Waals surface area (Å²) in [6.07, 6.45) is 0.329. The topological polar surface area (TPSA) is 35.9 Å². The van der Waals surface area contributed by atoms with Crippen LogP contribution in [0.2, 0.25) is 0 Å². The van der Waals surface area contributed by atoms with Crippen LogP contribution < -0.4 is 0 Å². The fourth-order valence-corrected chi connectivity index (χ4v) is 3.36. The molecule has 2 saturated heterocycles. The van der Waals surface area contributed by atoms with E-state index in [1.165, 1.54) is 0 Å². The molecule has 1 aromatic carbocycles. The molecule has 2 aliphatic heterocycles. The number of nitrogens with zero attached hydrogens (tertiary/aromatic N) is 2. The van der Waals surface area contributed by atoms with Crippen molar-refractivity contribution in [3.05, 3.63) is 28.2 Å². The largest absolute Gasteiger partial charge is 0.508 e. The molecule has 0 bridgehead atoms. The third-order valence-corrected chi connectivity index (χ3v) is 4.85. The Morgan fingerprint density at radius 3 is 3.05 bits per heavy atom. The monoisotopic (exact) mass is 326 g/mol. The molecule has 0 aromatic heterocycles. The number of fused-ring (bicyclic) bond motifs is 1. The smallest absolute Gasteiger partial charge is 0.115 e. The van der Waals surface area contributed by atoms with E-state index in [1.807, 2.05) is 12.1 Å². The van der Waals surface area contributed by atoms with E-state index in [0.29, 0.717) is 17.9 Å². The number of aromatic hydroxyl groups is 1. The van der Waals surface area contributed by atoms with Gasteiger partial charge in [-0.3, -0.25) is 9.80 Å². The van der Waals surface area contributed by atoms with Crippen LogP contribution in [0.1, 0.15) is 5.56 Å². The highest BCUT2D eigenvalue weighted by Crippen LogP contribution is 2.27. The van der Waals surface area contributed by atoms with Gasteiger partial charge in [-0.25, -0.2) is 0 Å². The molecule has 0 spiro atoms. The lowest BCUT2D eigenvalue weighted by Crippen LogP contribution is -2.48. The van der Waals surface area contributed by atoms with Crippen molar-refractivity contribution < 1.29 is 9.84 Å². The normalized spacial score (nSPS) is 28.5. The molecule has 104 valence electrons. The highest BCUT2D eigenvalue weighted by Gasteiger charge is 2.38. The van der Waals surface area contributed by atoms with E-state index < -0.39 is 0 Å². The Kier molecular flexibility index (Phi) is 3.80. The maximum absolute atomic E-state index is 9.59. The number of phenols is 1. The van der Waals surface area contributed by atoms with Gasteiger partial charge in [-0.2, -0.15) is 0 Å². The van der Waals surface area contributed by atoms with Crippen LogP contribution >= 0.6 is 15.9 Å². The van der Waals surface area contributed by atoms with Gasteiger partial charge in [0.2, 0.25) is 0 Å². The van der Waals surface area contributed by atoms with Crippen molar-refractivity contribution >= 4 is 15.9 Å². The Hall–Kier alpha value is -0.620. The van der Waals surface area contributed by atoms with E-state index in [1.54, 1.807) is 6.07 Å². The van der Waals surface area contributed by atoms with Crippen LogP contribution in [-0.4, -0.2) is 60.3 Å². The summed E-state index contributed by atoms with van der Waals surface area (Å²) in [4.78, 5) is 4.79. The first-order valence-corrected chi connectivity index (χ1v) is 7.44. The minimum atomic E-state index is 0.322. The Morgan fingerprint density at radius 1 is 1.42 bits per heavy atom. The lowest BCUT2D eigenvalue weighted by Gasteiger charge is -2.33. The summed E-state index contributed by atoms with van der Waals surface area (Å²) in [6, 6.07) is 5.94. The summed E-state index contributed by atoms with van der Waals surface area (Å²) in [5.74, 6) is 0.322. The van der Waals surface area contributed by atoms with Gasteiger partial charge in [0, 0.05) is 36.7 Å². The quantitative estimate of drug-likeness (QED) is 0.896. The summed E-state index contributed by atoms with van der Waals surface area (Å²) >= 11 is 3.55. The van der Waals surface area contributed by atoms with Crippen LogP contribution in [0.25, 0.3) is 0 Å². The zero-order valence-corrected chi connectivity index (χ0v) is 12.6. The van der Waals surface area contributed by atoms with Crippen molar-refractivity contribution in [3.8, 4) is 5.75 Å². The van der Waals surface area contributed by atoms with Crippen molar-refractivity contribution in [1.82, 2.24) is 9.80 Å². The van der Waals surface area contributed by atoms with Crippen LogP contribution in [0.15, 0.2) is 22.7 Å². The molecule has 2 heterocycles. The SMILES string of the molecule is CN1CCO[C@@H]2CN(Cc3cc(O)ccc3Br)C[C@@H]21. The highest BCUT2D eigenvalue weighted by atomic mass is 79.9. The van der Waals surface area contributed by atoms with Crippen LogP contribution in [0.4, 0.5) is 0 Å². The van der Waals surface area contributed by atoms with Crippen LogP contribution in [0.3, 0.4) is 0 Å².